The molecule has 0 fully saturated rings. The predicted octanol–water partition coefficient (Wildman–Crippen LogP) is 3.87. The van der Waals surface area contributed by atoms with Crippen LogP contribution in [0.1, 0.15) is 27.4 Å². The van der Waals surface area contributed by atoms with Gasteiger partial charge in [0.1, 0.15) is 5.76 Å². The van der Waals surface area contributed by atoms with Crippen LogP contribution in [0.2, 0.25) is 0 Å². The lowest BCUT2D eigenvalue weighted by Gasteiger charge is -2.10. The first-order chi connectivity index (χ1) is 13.6. The molecule has 0 saturated carbocycles. The highest BCUT2D eigenvalue weighted by molar-refractivity contribution is 6.07. The van der Waals surface area contributed by atoms with E-state index in [1.165, 1.54) is 0 Å². The van der Waals surface area contributed by atoms with Gasteiger partial charge in [0, 0.05) is 23.7 Å². The number of aromatic nitrogens is 3. The Hall–Kier alpha value is -3.54. The van der Waals surface area contributed by atoms with Crippen molar-refractivity contribution >= 4 is 16.8 Å². The second kappa shape index (κ2) is 7.60. The van der Waals surface area contributed by atoms with E-state index in [0.29, 0.717) is 24.2 Å². The number of para-hydroxylation sites is 1. The molecule has 3 aromatic heterocycles. The van der Waals surface area contributed by atoms with Crippen LogP contribution >= 0.6 is 0 Å². The molecule has 1 amide bonds. The summed E-state index contributed by atoms with van der Waals surface area (Å²) < 4.78 is 5.18. The van der Waals surface area contributed by atoms with Gasteiger partial charge in [-0.15, -0.1) is 0 Å². The van der Waals surface area contributed by atoms with Crippen LogP contribution in [0.5, 0.6) is 0 Å². The van der Waals surface area contributed by atoms with E-state index in [4.69, 9.17) is 4.52 Å². The molecule has 0 unspecified atom stereocenters. The van der Waals surface area contributed by atoms with Crippen molar-refractivity contribution in [3.63, 3.8) is 0 Å². The minimum Gasteiger partial charge on any atom is -0.361 e. The third-order valence-corrected chi connectivity index (χ3v) is 4.73. The molecule has 0 aliphatic heterocycles. The van der Waals surface area contributed by atoms with E-state index in [-0.39, 0.29) is 5.91 Å². The van der Waals surface area contributed by atoms with E-state index in [9.17, 15) is 4.79 Å². The number of nitrogens with zero attached hydrogens (tertiary/aromatic N) is 3. The fourth-order valence-corrected chi connectivity index (χ4v) is 3.26. The molecule has 6 heteroatoms. The third-order valence-electron chi connectivity index (χ3n) is 4.73. The number of rotatable bonds is 5. The fourth-order valence-electron chi connectivity index (χ4n) is 3.26. The summed E-state index contributed by atoms with van der Waals surface area (Å²) in [7, 11) is 0. The van der Waals surface area contributed by atoms with Crippen LogP contribution in [0, 0.1) is 13.8 Å². The Bertz CT molecular complexity index is 1120. The summed E-state index contributed by atoms with van der Waals surface area (Å²) >= 11 is 0. The van der Waals surface area contributed by atoms with Crippen LogP contribution in [0.25, 0.3) is 22.3 Å². The van der Waals surface area contributed by atoms with Gasteiger partial charge in [-0.3, -0.25) is 9.78 Å². The molecule has 28 heavy (non-hydrogen) atoms. The van der Waals surface area contributed by atoms with Gasteiger partial charge in [-0.2, -0.15) is 0 Å². The molecule has 0 aliphatic carbocycles. The van der Waals surface area contributed by atoms with E-state index in [2.05, 4.69) is 20.4 Å². The molecule has 0 spiro atoms. The summed E-state index contributed by atoms with van der Waals surface area (Å²) in [5.41, 5.74) is 4.66. The summed E-state index contributed by atoms with van der Waals surface area (Å²) in [6, 6.07) is 15.1. The number of hydrogen-bond donors (Lipinski definition) is 1. The Balaban J connectivity index is 1.62. The first-order valence-corrected chi connectivity index (χ1v) is 9.14. The number of pyridine rings is 2. The first-order valence-electron chi connectivity index (χ1n) is 9.14. The molecule has 0 radical (unpaired) electrons. The standard InChI is InChI=1S/C22H20N4O2/c1-14-16(15(2)28-26-14)10-12-24-22(27)18-13-21(20-9-5-6-11-23-20)25-19-8-4-3-7-17(18)19/h3-9,11,13H,10,12H2,1-2H3,(H,24,27). The molecule has 1 N–H and O–H groups in total. The lowest BCUT2D eigenvalue weighted by molar-refractivity contribution is 0.0955. The van der Waals surface area contributed by atoms with Crippen molar-refractivity contribution in [3.05, 3.63) is 77.3 Å². The molecule has 4 aromatic rings. The highest BCUT2D eigenvalue weighted by Gasteiger charge is 2.15. The summed E-state index contributed by atoms with van der Waals surface area (Å²) in [5.74, 6) is 0.654. The summed E-state index contributed by atoms with van der Waals surface area (Å²) in [6.07, 6.45) is 2.39. The predicted molar refractivity (Wildman–Crippen MR) is 107 cm³/mol. The summed E-state index contributed by atoms with van der Waals surface area (Å²) in [5, 5.41) is 7.78. The normalized spacial score (nSPS) is 10.9. The number of fused-ring (bicyclic) bond motifs is 1. The van der Waals surface area contributed by atoms with Gasteiger partial charge < -0.3 is 9.84 Å². The highest BCUT2D eigenvalue weighted by Crippen LogP contribution is 2.23. The monoisotopic (exact) mass is 372 g/mol. The van der Waals surface area contributed by atoms with Crippen molar-refractivity contribution in [2.24, 2.45) is 0 Å². The van der Waals surface area contributed by atoms with Gasteiger partial charge in [0.05, 0.1) is 28.2 Å². The smallest absolute Gasteiger partial charge is 0.252 e. The SMILES string of the molecule is Cc1noc(C)c1CCNC(=O)c1cc(-c2ccccn2)nc2ccccc12. The Morgan fingerprint density at radius 2 is 1.89 bits per heavy atom. The van der Waals surface area contributed by atoms with Gasteiger partial charge in [0.15, 0.2) is 0 Å². The van der Waals surface area contributed by atoms with Crippen molar-refractivity contribution in [2.45, 2.75) is 20.3 Å². The van der Waals surface area contributed by atoms with Crippen LogP contribution < -0.4 is 5.32 Å². The van der Waals surface area contributed by atoms with Gasteiger partial charge in [0.25, 0.3) is 5.91 Å². The Labute approximate surface area is 162 Å². The number of carbonyl (C=O) groups excluding carboxylic acids is 1. The topological polar surface area (TPSA) is 80.9 Å². The van der Waals surface area contributed by atoms with E-state index in [1.807, 2.05) is 56.3 Å². The van der Waals surface area contributed by atoms with Gasteiger partial charge in [-0.1, -0.05) is 29.4 Å². The van der Waals surface area contributed by atoms with Crippen molar-refractivity contribution in [1.29, 1.82) is 0 Å². The maximum Gasteiger partial charge on any atom is 0.252 e. The maximum atomic E-state index is 12.9. The van der Waals surface area contributed by atoms with Crippen molar-refractivity contribution in [2.75, 3.05) is 6.54 Å². The average Bonchev–Trinajstić information content (AvgIpc) is 3.05. The van der Waals surface area contributed by atoms with Crippen LogP contribution in [0.4, 0.5) is 0 Å². The molecule has 0 bridgehead atoms. The number of hydrogen-bond acceptors (Lipinski definition) is 5. The van der Waals surface area contributed by atoms with Gasteiger partial charge in [0.2, 0.25) is 0 Å². The number of amides is 1. The average molecular weight is 372 g/mol. The van der Waals surface area contributed by atoms with Crippen LogP contribution in [0.15, 0.2) is 59.3 Å². The van der Waals surface area contributed by atoms with Crippen LogP contribution in [0.3, 0.4) is 0 Å². The van der Waals surface area contributed by atoms with E-state index < -0.39 is 0 Å². The van der Waals surface area contributed by atoms with Gasteiger partial charge >= 0.3 is 0 Å². The molecular formula is C22H20N4O2. The largest absolute Gasteiger partial charge is 0.361 e. The Morgan fingerprint density at radius 3 is 2.64 bits per heavy atom. The lowest BCUT2D eigenvalue weighted by atomic mass is 10.1. The summed E-state index contributed by atoms with van der Waals surface area (Å²) in [4.78, 5) is 22.0. The van der Waals surface area contributed by atoms with Crippen molar-refractivity contribution in [1.82, 2.24) is 20.4 Å². The summed E-state index contributed by atoms with van der Waals surface area (Å²) in [6.45, 7) is 4.28. The van der Waals surface area contributed by atoms with Crippen LogP contribution in [-0.4, -0.2) is 27.6 Å². The zero-order valence-electron chi connectivity index (χ0n) is 15.8. The second-order valence-electron chi connectivity index (χ2n) is 6.60. The van der Waals surface area contributed by atoms with Crippen molar-refractivity contribution < 1.29 is 9.32 Å². The highest BCUT2D eigenvalue weighted by atomic mass is 16.5. The molecule has 140 valence electrons. The number of benzene rings is 1. The van der Waals surface area contributed by atoms with E-state index in [0.717, 1.165) is 33.6 Å². The number of carbonyl (C=O) groups is 1. The first kappa shape index (κ1) is 17.9. The second-order valence-corrected chi connectivity index (χ2v) is 6.60. The fraction of sp³-hybridized carbons (Fsp3) is 0.182. The quantitative estimate of drug-likeness (QED) is 0.575. The van der Waals surface area contributed by atoms with E-state index in [1.54, 1.807) is 12.3 Å². The van der Waals surface area contributed by atoms with Crippen molar-refractivity contribution in [3.8, 4) is 11.4 Å². The third kappa shape index (κ3) is 3.49. The van der Waals surface area contributed by atoms with Gasteiger partial charge in [-0.05, 0) is 44.5 Å². The molecule has 0 atom stereocenters. The Kier molecular flexibility index (Phi) is 4.85. The lowest BCUT2D eigenvalue weighted by Crippen LogP contribution is -2.26. The molecule has 1 aromatic carbocycles. The maximum absolute atomic E-state index is 12.9. The molecule has 0 saturated heterocycles. The molecular weight excluding hydrogens is 352 g/mol. The zero-order chi connectivity index (χ0) is 19.5. The minimum atomic E-state index is -0.137. The van der Waals surface area contributed by atoms with E-state index >= 15 is 0 Å². The molecule has 4 rings (SSSR count). The van der Waals surface area contributed by atoms with Crippen LogP contribution in [-0.2, 0) is 6.42 Å². The Morgan fingerprint density at radius 1 is 1.07 bits per heavy atom. The number of nitrogens with one attached hydrogen (secondary N) is 1. The number of aryl methyl sites for hydroxylation is 2. The molecule has 0 aliphatic rings. The zero-order valence-corrected chi connectivity index (χ0v) is 15.8. The molecule has 6 nitrogen and oxygen atoms in total. The minimum absolute atomic E-state index is 0.137. The van der Waals surface area contributed by atoms with Gasteiger partial charge in [-0.25, -0.2) is 4.98 Å². The molecule has 3 heterocycles.